The highest BCUT2D eigenvalue weighted by Crippen LogP contribution is 2.29. The normalized spacial score (nSPS) is 11.8. The van der Waals surface area contributed by atoms with Crippen molar-refractivity contribution in [2.24, 2.45) is 0 Å². The van der Waals surface area contributed by atoms with Crippen LogP contribution in [-0.4, -0.2) is 45.7 Å². The van der Waals surface area contributed by atoms with E-state index >= 15 is 0 Å². The van der Waals surface area contributed by atoms with E-state index in [1.54, 1.807) is 20.8 Å². The van der Waals surface area contributed by atoms with Crippen molar-refractivity contribution in [1.82, 2.24) is 5.32 Å². The Morgan fingerprint density at radius 2 is 1.88 bits per heavy atom. The second kappa shape index (κ2) is 7.40. The molecule has 24 heavy (non-hydrogen) atoms. The molecule has 0 unspecified atom stereocenters. The number of esters is 1. The van der Waals surface area contributed by atoms with Crippen LogP contribution in [0.15, 0.2) is 18.2 Å². The van der Waals surface area contributed by atoms with Gasteiger partial charge in [0.05, 0.1) is 29.6 Å². The van der Waals surface area contributed by atoms with E-state index in [4.69, 9.17) is 11.6 Å². The minimum absolute atomic E-state index is 0.0334. The Morgan fingerprint density at radius 3 is 2.33 bits per heavy atom. The first-order valence-corrected chi connectivity index (χ1v) is 9.24. The summed E-state index contributed by atoms with van der Waals surface area (Å²) < 4.78 is 29.7. The average Bonchev–Trinajstić information content (AvgIpc) is 2.41. The SMILES string of the molecule is COC(=O)c1ccc(Cl)c(N(CC(=O)NC(C)(C)C)S(C)(=O)=O)c1. The van der Waals surface area contributed by atoms with Gasteiger partial charge in [-0.15, -0.1) is 0 Å². The Balaban J connectivity index is 3.28. The third-order valence-electron chi connectivity index (χ3n) is 2.84. The largest absolute Gasteiger partial charge is 0.465 e. The second-order valence-corrected chi connectivity index (χ2v) is 8.54. The van der Waals surface area contributed by atoms with Gasteiger partial charge in [-0.3, -0.25) is 9.10 Å². The number of nitrogens with zero attached hydrogens (tertiary/aromatic N) is 1. The summed E-state index contributed by atoms with van der Waals surface area (Å²) >= 11 is 6.07. The molecule has 1 aromatic rings. The average molecular weight is 377 g/mol. The summed E-state index contributed by atoms with van der Waals surface area (Å²) in [6, 6.07) is 4.07. The third kappa shape index (κ3) is 5.68. The van der Waals surface area contributed by atoms with E-state index in [0.717, 1.165) is 10.6 Å². The number of sulfonamides is 1. The second-order valence-electron chi connectivity index (χ2n) is 6.23. The molecule has 0 bridgehead atoms. The Hall–Kier alpha value is -1.80. The van der Waals surface area contributed by atoms with Crippen LogP contribution in [0.4, 0.5) is 5.69 Å². The number of nitrogens with one attached hydrogen (secondary N) is 1. The van der Waals surface area contributed by atoms with Crippen LogP contribution < -0.4 is 9.62 Å². The zero-order valence-corrected chi connectivity index (χ0v) is 15.8. The number of carbonyl (C=O) groups is 2. The minimum Gasteiger partial charge on any atom is -0.465 e. The Bertz CT molecular complexity index is 741. The summed E-state index contributed by atoms with van der Waals surface area (Å²) in [5, 5.41) is 2.77. The van der Waals surface area contributed by atoms with Crippen molar-refractivity contribution >= 4 is 39.2 Å². The lowest BCUT2D eigenvalue weighted by atomic mass is 10.1. The lowest BCUT2D eigenvalue weighted by molar-refractivity contribution is -0.121. The number of benzene rings is 1. The number of carbonyl (C=O) groups excluding carboxylic acids is 2. The molecular weight excluding hydrogens is 356 g/mol. The van der Waals surface area contributed by atoms with Crippen LogP contribution in [0.3, 0.4) is 0 Å². The summed E-state index contributed by atoms with van der Waals surface area (Å²) in [4.78, 5) is 23.8. The highest BCUT2D eigenvalue weighted by atomic mass is 35.5. The lowest BCUT2D eigenvalue weighted by Gasteiger charge is -2.26. The first-order chi connectivity index (χ1) is 10.8. The van der Waals surface area contributed by atoms with E-state index in [-0.39, 0.29) is 16.3 Å². The number of hydrogen-bond donors (Lipinski definition) is 1. The number of methoxy groups -OCH3 is 1. The Labute approximate surface area is 147 Å². The number of rotatable bonds is 5. The molecule has 0 saturated carbocycles. The van der Waals surface area contributed by atoms with Crippen LogP contribution >= 0.6 is 11.6 Å². The van der Waals surface area contributed by atoms with E-state index in [0.29, 0.717) is 0 Å². The molecule has 1 rings (SSSR count). The molecule has 0 aliphatic heterocycles. The number of ether oxygens (including phenoxy) is 1. The summed E-state index contributed by atoms with van der Waals surface area (Å²) in [5.41, 5.74) is -0.356. The molecular formula is C15H21ClN2O5S. The molecule has 0 saturated heterocycles. The third-order valence-corrected chi connectivity index (χ3v) is 4.28. The molecule has 0 spiro atoms. The topological polar surface area (TPSA) is 92.8 Å². The molecule has 0 aliphatic rings. The Morgan fingerprint density at radius 1 is 1.29 bits per heavy atom. The summed E-state index contributed by atoms with van der Waals surface area (Å²) in [5.74, 6) is -1.13. The van der Waals surface area contributed by atoms with Crippen molar-refractivity contribution in [3.05, 3.63) is 28.8 Å². The fourth-order valence-electron chi connectivity index (χ4n) is 1.92. The molecule has 0 heterocycles. The first kappa shape index (κ1) is 20.2. The van der Waals surface area contributed by atoms with Gasteiger partial charge in [0.1, 0.15) is 6.54 Å². The van der Waals surface area contributed by atoms with Crippen LogP contribution in [0.5, 0.6) is 0 Å². The molecule has 0 radical (unpaired) electrons. The van der Waals surface area contributed by atoms with Crippen molar-refractivity contribution in [3.63, 3.8) is 0 Å². The molecule has 1 aromatic carbocycles. The zero-order valence-electron chi connectivity index (χ0n) is 14.2. The van der Waals surface area contributed by atoms with Crippen LogP contribution in [0.2, 0.25) is 5.02 Å². The van der Waals surface area contributed by atoms with Gasteiger partial charge in [0.2, 0.25) is 15.9 Å². The van der Waals surface area contributed by atoms with Crippen molar-refractivity contribution in [2.45, 2.75) is 26.3 Å². The fourth-order valence-corrected chi connectivity index (χ4v) is 3.05. The standard InChI is InChI=1S/C15H21ClN2O5S/c1-15(2,3)17-13(19)9-18(24(5,21)22)12-8-10(14(20)23-4)6-7-11(12)16/h6-8H,9H2,1-5H3,(H,17,19). The van der Waals surface area contributed by atoms with Gasteiger partial charge < -0.3 is 10.1 Å². The lowest BCUT2D eigenvalue weighted by Crippen LogP contribution is -2.47. The van der Waals surface area contributed by atoms with E-state index in [1.165, 1.54) is 25.3 Å². The molecule has 1 amide bonds. The van der Waals surface area contributed by atoms with Gasteiger partial charge in [0.15, 0.2) is 0 Å². The Kier molecular flexibility index (Phi) is 6.24. The first-order valence-electron chi connectivity index (χ1n) is 7.02. The van der Waals surface area contributed by atoms with E-state index in [1.807, 2.05) is 0 Å². The van der Waals surface area contributed by atoms with E-state index in [9.17, 15) is 18.0 Å². The van der Waals surface area contributed by atoms with Crippen LogP contribution in [-0.2, 0) is 19.6 Å². The molecule has 0 fully saturated rings. The van der Waals surface area contributed by atoms with E-state index < -0.39 is 34.0 Å². The predicted molar refractivity (Wildman–Crippen MR) is 92.9 cm³/mol. The molecule has 9 heteroatoms. The summed E-state index contributed by atoms with van der Waals surface area (Å²) in [7, 11) is -2.59. The number of amides is 1. The molecule has 0 atom stereocenters. The highest BCUT2D eigenvalue weighted by molar-refractivity contribution is 7.92. The number of anilines is 1. The van der Waals surface area contributed by atoms with Gasteiger partial charge in [-0.2, -0.15) is 0 Å². The molecule has 1 N–H and O–H groups in total. The molecule has 0 aliphatic carbocycles. The van der Waals surface area contributed by atoms with E-state index in [2.05, 4.69) is 10.1 Å². The predicted octanol–water partition coefficient (Wildman–Crippen LogP) is 1.81. The van der Waals surface area contributed by atoms with Crippen molar-refractivity contribution in [1.29, 1.82) is 0 Å². The monoisotopic (exact) mass is 376 g/mol. The van der Waals surface area contributed by atoms with Gasteiger partial charge in [-0.05, 0) is 39.0 Å². The van der Waals surface area contributed by atoms with Gasteiger partial charge >= 0.3 is 5.97 Å². The maximum atomic E-state index is 12.1. The maximum absolute atomic E-state index is 12.1. The summed E-state index contributed by atoms with van der Waals surface area (Å²) in [6.45, 7) is 4.88. The van der Waals surface area contributed by atoms with Gasteiger partial charge in [0, 0.05) is 5.54 Å². The van der Waals surface area contributed by atoms with Crippen molar-refractivity contribution < 1.29 is 22.7 Å². The van der Waals surface area contributed by atoms with Crippen molar-refractivity contribution in [2.75, 3.05) is 24.2 Å². The van der Waals surface area contributed by atoms with Crippen LogP contribution in [0.1, 0.15) is 31.1 Å². The van der Waals surface area contributed by atoms with Crippen LogP contribution in [0, 0.1) is 0 Å². The highest BCUT2D eigenvalue weighted by Gasteiger charge is 2.25. The smallest absolute Gasteiger partial charge is 0.337 e. The fraction of sp³-hybridized carbons (Fsp3) is 0.467. The van der Waals surface area contributed by atoms with Gasteiger partial charge in [-0.1, -0.05) is 11.6 Å². The minimum atomic E-state index is -3.80. The molecule has 134 valence electrons. The molecule has 7 nitrogen and oxygen atoms in total. The van der Waals surface area contributed by atoms with Gasteiger partial charge in [0.25, 0.3) is 0 Å². The van der Waals surface area contributed by atoms with Crippen molar-refractivity contribution in [3.8, 4) is 0 Å². The van der Waals surface area contributed by atoms with Gasteiger partial charge in [-0.25, -0.2) is 13.2 Å². The number of hydrogen-bond acceptors (Lipinski definition) is 5. The summed E-state index contributed by atoms with van der Waals surface area (Å²) in [6.07, 6.45) is 0.957. The molecule has 0 aromatic heterocycles. The quantitative estimate of drug-likeness (QED) is 0.791. The maximum Gasteiger partial charge on any atom is 0.337 e. The number of halogens is 1. The zero-order chi connectivity index (χ0) is 18.7. The van der Waals surface area contributed by atoms with Crippen LogP contribution in [0.25, 0.3) is 0 Å².